The van der Waals surface area contributed by atoms with Gasteiger partial charge in [-0.2, -0.15) is 4.31 Å². The Bertz CT molecular complexity index is 670. The lowest BCUT2D eigenvalue weighted by molar-refractivity contribution is -0.116. The minimum Gasteiger partial charge on any atom is -0.383 e. The first-order valence-corrected chi connectivity index (χ1v) is 10.8. The quantitative estimate of drug-likeness (QED) is 0.705. The van der Waals surface area contributed by atoms with Crippen LogP contribution in [-0.4, -0.2) is 64.8 Å². The number of carbonyl (C=O) groups is 1. The Morgan fingerprint density at radius 3 is 2.38 bits per heavy atom. The van der Waals surface area contributed by atoms with Gasteiger partial charge in [0, 0.05) is 51.1 Å². The third-order valence-corrected chi connectivity index (χ3v) is 5.78. The average molecular weight is 384 g/mol. The first kappa shape index (κ1) is 20.7. The zero-order valence-corrected chi connectivity index (χ0v) is 16.4. The summed E-state index contributed by atoms with van der Waals surface area (Å²) >= 11 is 0. The van der Waals surface area contributed by atoms with Gasteiger partial charge in [-0.1, -0.05) is 0 Å². The highest BCUT2D eigenvalue weighted by atomic mass is 32.2. The van der Waals surface area contributed by atoms with Gasteiger partial charge in [0.25, 0.3) is 0 Å². The van der Waals surface area contributed by atoms with E-state index >= 15 is 0 Å². The van der Waals surface area contributed by atoms with Gasteiger partial charge in [0.1, 0.15) is 0 Å². The van der Waals surface area contributed by atoms with Gasteiger partial charge in [0.2, 0.25) is 15.9 Å². The number of amides is 1. The molecule has 0 spiro atoms. The van der Waals surface area contributed by atoms with Gasteiger partial charge in [0.05, 0.1) is 12.9 Å². The Balaban J connectivity index is 1.84. The molecule has 1 fully saturated rings. The number of hydrogen-bond donors (Lipinski definition) is 1. The minimum atomic E-state index is -3.36. The number of sulfonamides is 1. The van der Waals surface area contributed by atoms with Gasteiger partial charge in [-0.15, -0.1) is 0 Å². The Morgan fingerprint density at radius 1 is 1.15 bits per heavy atom. The van der Waals surface area contributed by atoms with Crippen LogP contribution in [0.4, 0.5) is 11.4 Å². The number of nitrogens with one attached hydrogen (secondary N) is 1. The van der Waals surface area contributed by atoms with Crippen LogP contribution in [0.1, 0.15) is 25.7 Å². The molecule has 1 aliphatic heterocycles. The zero-order chi connectivity index (χ0) is 19.0. The number of nitrogens with zero attached hydrogens (tertiary/aromatic N) is 2. The number of rotatable bonds is 9. The largest absolute Gasteiger partial charge is 0.383 e. The van der Waals surface area contributed by atoms with Crippen molar-refractivity contribution < 1.29 is 17.9 Å². The highest BCUT2D eigenvalue weighted by Crippen LogP contribution is 2.21. The molecule has 0 aliphatic carbocycles. The summed E-state index contributed by atoms with van der Waals surface area (Å²) in [4.78, 5) is 14.5. The van der Waals surface area contributed by atoms with Crippen molar-refractivity contribution in [1.29, 1.82) is 0 Å². The molecule has 0 atom stereocenters. The summed E-state index contributed by atoms with van der Waals surface area (Å²) in [5.41, 5.74) is 1.89. The third-order valence-electron chi connectivity index (χ3n) is 4.47. The fraction of sp³-hybridized carbons (Fsp3) is 0.611. The van der Waals surface area contributed by atoms with E-state index in [4.69, 9.17) is 4.74 Å². The number of piperidine rings is 1. The van der Waals surface area contributed by atoms with Crippen molar-refractivity contribution in [3.8, 4) is 0 Å². The van der Waals surface area contributed by atoms with E-state index in [2.05, 4.69) is 10.2 Å². The second-order valence-electron chi connectivity index (χ2n) is 6.55. The van der Waals surface area contributed by atoms with Gasteiger partial charge in [-0.25, -0.2) is 8.42 Å². The molecule has 0 bridgehead atoms. The second kappa shape index (κ2) is 9.89. The van der Waals surface area contributed by atoms with Gasteiger partial charge in [0.15, 0.2) is 0 Å². The summed E-state index contributed by atoms with van der Waals surface area (Å²) in [5.74, 6) is -0.207. The summed E-state index contributed by atoms with van der Waals surface area (Å²) in [6, 6.07) is 7.81. The Morgan fingerprint density at radius 2 is 1.81 bits per heavy atom. The monoisotopic (exact) mass is 383 g/mol. The molecule has 1 aromatic rings. The van der Waals surface area contributed by atoms with Crippen molar-refractivity contribution in [3.05, 3.63) is 24.3 Å². The summed E-state index contributed by atoms with van der Waals surface area (Å²) in [7, 11) is -1.84. The molecule has 1 amide bonds. The molecule has 1 aromatic carbocycles. The molecule has 1 aliphatic rings. The number of hydrogen-bond acceptors (Lipinski definition) is 5. The first-order chi connectivity index (χ1) is 12.4. The van der Waals surface area contributed by atoms with Crippen LogP contribution in [0.25, 0.3) is 0 Å². The maximum atomic E-state index is 12.1. The first-order valence-electron chi connectivity index (χ1n) is 8.99. The smallest absolute Gasteiger partial charge is 0.225 e. The van der Waals surface area contributed by atoms with E-state index < -0.39 is 10.0 Å². The van der Waals surface area contributed by atoms with Crippen molar-refractivity contribution in [1.82, 2.24) is 4.31 Å². The fourth-order valence-corrected chi connectivity index (χ4v) is 3.82. The summed E-state index contributed by atoms with van der Waals surface area (Å²) in [6.45, 7) is 2.84. The van der Waals surface area contributed by atoms with Crippen LogP contribution in [-0.2, 0) is 19.6 Å². The van der Waals surface area contributed by atoms with Gasteiger partial charge >= 0.3 is 0 Å². The Kier molecular flexibility index (Phi) is 7.86. The van der Waals surface area contributed by atoms with E-state index in [1.54, 1.807) is 0 Å². The molecule has 2 rings (SSSR count). The van der Waals surface area contributed by atoms with Crippen LogP contribution in [0.15, 0.2) is 24.3 Å². The van der Waals surface area contributed by atoms with E-state index in [1.807, 2.05) is 24.3 Å². The lowest BCUT2D eigenvalue weighted by Crippen LogP contribution is -2.35. The molecule has 0 unspecified atom stereocenters. The van der Waals surface area contributed by atoms with Crippen LogP contribution >= 0.6 is 0 Å². The van der Waals surface area contributed by atoms with Crippen LogP contribution in [0.2, 0.25) is 0 Å². The Labute approximate surface area is 156 Å². The third kappa shape index (κ3) is 6.59. The lowest BCUT2D eigenvalue weighted by Gasteiger charge is -2.28. The molecule has 0 saturated carbocycles. The number of anilines is 2. The van der Waals surface area contributed by atoms with Crippen molar-refractivity contribution in [2.75, 3.05) is 56.4 Å². The predicted octanol–water partition coefficient (Wildman–Crippen LogP) is 1.91. The van der Waals surface area contributed by atoms with E-state index in [0.29, 0.717) is 6.61 Å². The molecular formula is C18H29N3O4S. The molecule has 26 heavy (non-hydrogen) atoms. The lowest BCUT2D eigenvalue weighted by atomic mass is 10.1. The number of benzene rings is 1. The van der Waals surface area contributed by atoms with Crippen LogP contribution in [0.3, 0.4) is 0 Å². The standard InChI is InChI=1S/C18H29N3O4S/c1-25-15-14-21(26(2,23)24)13-10-18(22)19-16-6-8-17(9-7-16)20-11-4-3-5-12-20/h6-9H,3-5,10-15H2,1-2H3,(H,19,22). The molecular weight excluding hydrogens is 354 g/mol. The summed E-state index contributed by atoms with van der Waals surface area (Å²) in [5, 5.41) is 2.82. The van der Waals surface area contributed by atoms with E-state index in [9.17, 15) is 13.2 Å². The normalized spacial score (nSPS) is 15.3. The number of methoxy groups -OCH3 is 1. The highest BCUT2D eigenvalue weighted by molar-refractivity contribution is 7.88. The topological polar surface area (TPSA) is 79.0 Å². The molecule has 0 radical (unpaired) electrons. The molecule has 146 valence electrons. The van der Waals surface area contributed by atoms with Gasteiger partial charge in [-0.05, 0) is 43.5 Å². The maximum absolute atomic E-state index is 12.1. The average Bonchev–Trinajstić information content (AvgIpc) is 2.62. The molecule has 1 N–H and O–H groups in total. The Hall–Kier alpha value is -1.64. The summed E-state index contributed by atoms with van der Waals surface area (Å²) < 4.78 is 29.6. The number of carbonyl (C=O) groups excluding carboxylic acids is 1. The minimum absolute atomic E-state index is 0.102. The number of ether oxygens (including phenoxy) is 1. The van der Waals surface area contributed by atoms with Crippen LogP contribution in [0.5, 0.6) is 0 Å². The fourth-order valence-electron chi connectivity index (χ4n) is 2.99. The molecule has 1 saturated heterocycles. The van der Waals surface area contributed by atoms with Gasteiger partial charge < -0.3 is 15.0 Å². The highest BCUT2D eigenvalue weighted by Gasteiger charge is 2.17. The van der Waals surface area contributed by atoms with E-state index in [1.165, 1.54) is 36.4 Å². The van der Waals surface area contributed by atoms with E-state index in [0.717, 1.165) is 25.0 Å². The molecule has 7 nitrogen and oxygen atoms in total. The van der Waals surface area contributed by atoms with E-state index in [-0.39, 0.29) is 25.4 Å². The molecule has 1 heterocycles. The zero-order valence-electron chi connectivity index (χ0n) is 15.6. The van der Waals surface area contributed by atoms with Crippen LogP contribution < -0.4 is 10.2 Å². The predicted molar refractivity (Wildman–Crippen MR) is 104 cm³/mol. The summed E-state index contributed by atoms with van der Waals surface area (Å²) in [6.07, 6.45) is 4.97. The van der Waals surface area contributed by atoms with Gasteiger partial charge in [-0.3, -0.25) is 4.79 Å². The van der Waals surface area contributed by atoms with Crippen molar-refractivity contribution in [2.45, 2.75) is 25.7 Å². The van der Waals surface area contributed by atoms with Crippen molar-refractivity contribution >= 4 is 27.3 Å². The van der Waals surface area contributed by atoms with Crippen molar-refractivity contribution in [2.24, 2.45) is 0 Å². The van der Waals surface area contributed by atoms with Crippen LogP contribution in [0, 0.1) is 0 Å². The second-order valence-corrected chi connectivity index (χ2v) is 8.53. The molecule has 8 heteroatoms. The maximum Gasteiger partial charge on any atom is 0.225 e. The van der Waals surface area contributed by atoms with Crippen molar-refractivity contribution in [3.63, 3.8) is 0 Å². The SMILES string of the molecule is COCCN(CCC(=O)Nc1ccc(N2CCCCC2)cc1)S(C)(=O)=O. The molecule has 0 aromatic heterocycles.